The third-order valence-electron chi connectivity index (χ3n) is 2.01. The Hall–Kier alpha value is -1.40. The van der Waals surface area contributed by atoms with Gasteiger partial charge < -0.3 is 5.32 Å². The lowest BCUT2D eigenvalue weighted by Gasteiger charge is -2.07. The zero-order valence-corrected chi connectivity index (χ0v) is 10.3. The minimum absolute atomic E-state index is 0.138. The molecule has 0 heterocycles. The molecule has 16 heavy (non-hydrogen) atoms. The summed E-state index contributed by atoms with van der Waals surface area (Å²) in [6.45, 7) is 1.69. The fraction of sp³-hybridized carbons (Fsp3) is 0.200. The van der Waals surface area contributed by atoms with Gasteiger partial charge in [0.1, 0.15) is 0 Å². The van der Waals surface area contributed by atoms with Crippen molar-refractivity contribution in [3.63, 3.8) is 0 Å². The topological polar surface area (TPSA) is 84.2 Å². The fourth-order valence-electron chi connectivity index (χ4n) is 1.15. The van der Waals surface area contributed by atoms with Crippen molar-refractivity contribution in [1.29, 1.82) is 0 Å². The first kappa shape index (κ1) is 12.7. The van der Waals surface area contributed by atoms with E-state index < -0.39 is 5.91 Å². The molecular formula is C10H12BrN3O2. The maximum Gasteiger partial charge on any atom is 0.253 e. The Kier molecular flexibility index (Phi) is 4.45. The number of hydrogen-bond acceptors (Lipinski definition) is 3. The summed E-state index contributed by atoms with van der Waals surface area (Å²) in [5.41, 5.74) is 3.30. The van der Waals surface area contributed by atoms with Gasteiger partial charge in [0.25, 0.3) is 11.8 Å². The van der Waals surface area contributed by atoms with Gasteiger partial charge in [-0.1, -0.05) is 22.0 Å². The van der Waals surface area contributed by atoms with Crippen LogP contribution in [0.4, 0.5) is 0 Å². The maximum absolute atomic E-state index is 11.7. The molecule has 5 nitrogen and oxygen atoms in total. The monoisotopic (exact) mass is 285 g/mol. The Morgan fingerprint density at radius 2 is 2.12 bits per heavy atom. The van der Waals surface area contributed by atoms with Crippen molar-refractivity contribution in [3.05, 3.63) is 33.8 Å². The summed E-state index contributed by atoms with van der Waals surface area (Å²) in [5.74, 6) is 4.15. The maximum atomic E-state index is 11.7. The average Bonchev–Trinajstić information content (AvgIpc) is 2.28. The van der Waals surface area contributed by atoms with Crippen LogP contribution in [0.1, 0.15) is 15.9 Å². The molecule has 4 N–H and O–H groups in total. The molecule has 6 heteroatoms. The Morgan fingerprint density at radius 1 is 1.44 bits per heavy atom. The molecule has 1 aromatic carbocycles. The highest BCUT2D eigenvalue weighted by molar-refractivity contribution is 9.10. The van der Waals surface area contributed by atoms with E-state index in [1.54, 1.807) is 6.07 Å². The van der Waals surface area contributed by atoms with Crippen molar-refractivity contribution in [1.82, 2.24) is 10.7 Å². The van der Waals surface area contributed by atoms with E-state index in [0.29, 0.717) is 5.56 Å². The number of benzene rings is 1. The van der Waals surface area contributed by atoms with Gasteiger partial charge in [-0.25, -0.2) is 5.84 Å². The molecular weight excluding hydrogens is 274 g/mol. The highest BCUT2D eigenvalue weighted by atomic mass is 79.9. The van der Waals surface area contributed by atoms with E-state index in [1.807, 2.05) is 24.5 Å². The molecule has 86 valence electrons. The lowest BCUT2D eigenvalue weighted by Crippen LogP contribution is -2.40. The van der Waals surface area contributed by atoms with Crippen molar-refractivity contribution in [2.75, 3.05) is 6.54 Å². The zero-order chi connectivity index (χ0) is 12.1. The highest BCUT2D eigenvalue weighted by Crippen LogP contribution is 2.15. The van der Waals surface area contributed by atoms with Crippen molar-refractivity contribution in [2.45, 2.75) is 6.92 Å². The summed E-state index contributed by atoms with van der Waals surface area (Å²) in [5, 5.41) is 2.47. The first-order chi connectivity index (χ1) is 7.54. The van der Waals surface area contributed by atoms with Crippen molar-refractivity contribution in [3.8, 4) is 0 Å². The molecule has 0 aliphatic carbocycles. The Balaban J connectivity index is 2.73. The average molecular weight is 286 g/mol. The van der Waals surface area contributed by atoms with Gasteiger partial charge in [-0.05, 0) is 24.6 Å². The van der Waals surface area contributed by atoms with Gasteiger partial charge in [0, 0.05) is 10.0 Å². The predicted molar refractivity (Wildman–Crippen MR) is 63.5 cm³/mol. The summed E-state index contributed by atoms with van der Waals surface area (Å²) in [7, 11) is 0. The fourth-order valence-corrected chi connectivity index (χ4v) is 1.51. The van der Waals surface area contributed by atoms with E-state index in [-0.39, 0.29) is 12.5 Å². The molecule has 0 bridgehead atoms. The van der Waals surface area contributed by atoms with E-state index in [0.717, 1.165) is 10.0 Å². The first-order valence-electron chi connectivity index (χ1n) is 4.58. The van der Waals surface area contributed by atoms with Crippen LogP contribution in [0.15, 0.2) is 22.7 Å². The van der Waals surface area contributed by atoms with E-state index in [4.69, 9.17) is 5.84 Å². The molecule has 1 aromatic rings. The highest BCUT2D eigenvalue weighted by Gasteiger charge is 2.10. The molecule has 0 aliphatic heterocycles. The van der Waals surface area contributed by atoms with Crippen LogP contribution in [-0.4, -0.2) is 18.4 Å². The van der Waals surface area contributed by atoms with Crippen molar-refractivity contribution >= 4 is 27.7 Å². The summed E-state index contributed by atoms with van der Waals surface area (Å²) in [4.78, 5) is 22.5. The van der Waals surface area contributed by atoms with Gasteiger partial charge in [0.05, 0.1) is 6.54 Å². The smallest absolute Gasteiger partial charge is 0.253 e. The number of amides is 2. The van der Waals surface area contributed by atoms with Crippen molar-refractivity contribution < 1.29 is 9.59 Å². The summed E-state index contributed by atoms with van der Waals surface area (Å²) >= 11 is 3.28. The lowest BCUT2D eigenvalue weighted by molar-refractivity contribution is -0.120. The van der Waals surface area contributed by atoms with E-state index in [1.165, 1.54) is 0 Å². The molecule has 0 atom stereocenters. The Labute approximate surface area is 101 Å². The molecule has 1 rings (SSSR count). The number of hydrazine groups is 1. The number of nitrogens with two attached hydrogens (primary N) is 1. The second kappa shape index (κ2) is 5.62. The molecule has 0 aromatic heterocycles. The second-order valence-corrected chi connectivity index (χ2v) is 4.13. The van der Waals surface area contributed by atoms with Crippen LogP contribution in [0.5, 0.6) is 0 Å². The standard InChI is InChI=1S/C10H12BrN3O2/c1-6-2-3-7(11)4-8(6)10(16)13-5-9(15)14-12/h2-4H,5,12H2,1H3,(H,13,16)(H,14,15). The number of carbonyl (C=O) groups excluding carboxylic acids is 2. The van der Waals surface area contributed by atoms with E-state index in [2.05, 4.69) is 21.2 Å². The van der Waals surface area contributed by atoms with Gasteiger partial charge in [-0.15, -0.1) is 0 Å². The molecule has 0 aliphatic rings. The molecule has 2 amide bonds. The predicted octanol–water partition coefficient (Wildman–Crippen LogP) is 0.477. The molecule has 0 spiro atoms. The third kappa shape index (κ3) is 3.32. The Bertz CT molecular complexity index is 421. The van der Waals surface area contributed by atoms with Crippen LogP contribution in [0.3, 0.4) is 0 Å². The van der Waals surface area contributed by atoms with Crippen LogP contribution in [0.25, 0.3) is 0 Å². The number of aryl methyl sites for hydroxylation is 1. The van der Waals surface area contributed by atoms with Gasteiger partial charge >= 0.3 is 0 Å². The molecule has 0 unspecified atom stereocenters. The number of carbonyl (C=O) groups is 2. The first-order valence-corrected chi connectivity index (χ1v) is 5.37. The number of hydrogen-bond donors (Lipinski definition) is 3. The quantitative estimate of drug-likeness (QED) is 0.429. The van der Waals surface area contributed by atoms with Gasteiger partial charge in [-0.2, -0.15) is 0 Å². The zero-order valence-electron chi connectivity index (χ0n) is 8.71. The van der Waals surface area contributed by atoms with Gasteiger partial charge in [-0.3, -0.25) is 15.0 Å². The van der Waals surface area contributed by atoms with Crippen molar-refractivity contribution in [2.24, 2.45) is 5.84 Å². The molecule has 0 saturated heterocycles. The van der Waals surface area contributed by atoms with Crippen LogP contribution in [0.2, 0.25) is 0 Å². The summed E-state index contributed by atoms with van der Waals surface area (Å²) in [6.07, 6.45) is 0. The minimum Gasteiger partial charge on any atom is -0.343 e. The normalized spacial score (nSPS) is 9.69. The van der Waals surface area contributed by atoms with Crippen LogP contribution < -0.4 is 16.6 Å². The third-order valence-corrected chi connectivity index (χ3v) is 2.51. The van der Waals surface area contributed by atoms with E-state index >= 15 is 0 Å². The van der Waals surface area contributed by atoms with E-state index in [9.17, 15) is 9.59 Å². The van der Waals surface area contributed by atoms with Crippen LogP contribution >= 0.6 is 15.9 Å². The molecule has 0 saturated carbocycles. The SMILES string of the molecule is Cc1ccc(Br)cc1C(=O)NCC(=O)NN. The number of nitrogens with one attached hydrogen (secondary N) is 2. The lowest BCUT2D eigenvalue weighted by atomic mass is 10.1. The number of rotatable bonds is 3. The summed E-state index contributed by atoms with van der Waals surface area (Å²) < 4.78 is 0.812. The Morgan fingerprint density at radius 3 is 2.75 bits per heavy atom. The van der Waals surface area contributed by atoms with Gasteiger partial charge in [0.15, 0.2) is 0 Å². The summed E-state index contributed by atoms with van der Waals surface area (Å²) in [6, 6.07) is 5.37. The molecule has 0 radical (unpaired) electrons. The minimum atomic E-state index is -0.444. The molecule has 0 fully saturated rings. The van der Waals surface area contributed by atoms with Crippen LogP contribution in [-0.2, 0) is 4.79 Å². The second-order valence-electron chi connectivity index (χ2n) is 3.21. The largest absolute Gasteiger partial charge is 0.343 e. The van der Waals surface area contributed by atoms with Gasteiger partial charge in [0.2, 0.25) is 0 Å². The number of halogens is 1. The van der Waals surface area contributed by atoms with Crippen LogP contribution in [0, 0.1) is 6.92 Å².